The van der Waals surface area contributed by atoms with E-state index in [1.807, 2.05) is 18.2 Å². The number of Topliss-reactive ketones (excluding diaryl/α,β-unsaturated/α-hetero) is 1. The zero-order valence-corrected chi connectivity index (χ0v) is 9.16. The van der Waals surface area contributed by atoms with Crippen LogP contribution in [0.3, 0.4) is 0 Å². The average molecular weight is 217 g/mol. The van der Waals surface area contributed by atoms with Gasteiger partial charge in [0.25, 0.3) is 0 Å². The lowest BCUT2D eigenvalue weighted by Crippen LogP contribution is -2.30. The van der Waals surface area contributed by atoms with Gasteiger partial charge in [-0.1, -0.05) is 12.1 Å². The monoisotopic (exact) mass is 217 g/mol. The van der Waals surface area contributed by atoms with Crippen LogP contribution in [0, 0.1) is 0 Å². The van der Waals surface area contributed by atoms with Gasteiger partial charge in [-0.15, -0.1) is 0 Å². The second kappa shape index (κ2) is 3.91. The minimum absolute atomic E-state index is 0.00398. The Morgan fingerprint density at radius 2 is 2.38 bits per heavy atom. The van der Waals surface area contributed by atoms with Crippen molar-refractivity contribution < 1.29 is 9.53 Å². The lowest BCUT2D eigenvalue weighted by molar-refractivity contribution is 0.0949. The lowest BCUT2D eigenvalue weighted by Gasteiger charge is -2.11. The smallest absolute Gasteiger partial charge is 0.183 e. The summed E-state index contributed by atoms with van der Waals surface area (Å²) in [5.41, 5.74) is 1.93. The maximum atomic E-state index is 12.3. The molecule has 0 saturated carbocycles. The fraction of sp³-hybridized carbons (Fsp3) is 0.462. The molecule has 2 heterocycles. The molecule has 1 N–H and O–H groups in total. The van der Waals surface area contributed by atoms with E-state index in [1.54, 1.807) is 0 Å². The number of fused-ring (bicyclic) bond motifs is 1. The van der Waals surface area contributed by atoms with Gasteiger partial charge in [0.15, 0.2) is 5.78 Å². The fourth-order valence-electron chi connectivity index (χ4n) is 2.51. The zero-order valence-electron chi connectivity index (χ0n) is 9.16. The summed E-state index contributed by atoms with van der Waals surface area (Å²) in [4.78, 5) is 12.3. The molecule has 0 radical (unpaired) electrons. The highest BCUT2D eigenvalue weighted by atomic mass is 16.5. The normalized spacial score (nSPS) is 22.9. The van der Waals surface area contributed by atoms with E-state index in [0.717, 1.165) is 37.1 Å². The second-order valence-corrected chi connectivity index (χ2v) is 4.41. The van der Waals surface area contributed by atoms with Crippen LogP contribution in [0.2, 0.25) is 0 Å². The first-order valence-corrected chi connectivity index (χ1v) is 5.88. The third-order valence-corrected chi connectivity index (χ3v) is 3.36. The quantitative estimate of drug-likeness (QED) is 0.764. The molecule has 0 amide bonds. The molecule has 1 fully saturated rings. The highest BCUT2D eigenvalue weighted by Crippen LogP contribution is 2.30. The van der Waals surface area contributed by atoms with Crippen molar-refractivity contribution in [2.45, 2.75) is 25.3 Å². The summed E-state index contributed by atoms with van der Waals surface area (Å²) in [5, 5.41) is 3.24. The van der Waals surface area contributed by atoms with E-state index in [-0.39, 0.29) is 11.8 Å². The van der Waals surface area contributed by atoms with Crippen molar-refractivity contribution in [2.24, 2.45) is 0 Å². The molecule has 84 valence electrons. The molecule has 1 saturated heterocycles. The van der Waals surface area contributed by atoms with Gasteiger partial charge in [-0.2, -0.15) is 0 Å². The fourth-order valence-corrected chi connectivity index (χ4v) is 2.51. The molecule has 1 atom stereocenters. The van der Waals surface area contributed by atoms with Gasteiger partial charge in [-0.25, -0.2) is 0 Å². The highest BCUT2D eigenvalue weighted by molar-refractivity contribution is 6.03. The molecule has 16 heavy (non-hydrogen) atoms. The van der Waals surface area contributed by atoms with Crippen LogP contribution >= 0.6 is 0 Å². The molecule has 3 rings (SSSR count). The van der Waals surface area contributed by atoms with Crippen LogP contribution in [0.15, 0.2) is 18.2 Å². The van der Waals surface area contributed by atoms with E-state index in [0.29, 0.717) is 6.61 Å². The Bertz CT molecular complexity index is 422. The van der Waals surface area contributed by atoms with Crippen LogP contribution in [0.1, 0.15) is 28.8 Å². The first-order chi connectivity index (χ1) is 7.86. The maximum absolute atomic E-state index is 12.3. The number of nitrogens with one attached hydrogen (secondary N) is 1. The molecule has 0 spiro atoms. The molecule has 1 aromatic rings. The molecular weight excluding hydrogens is 202 g/mol. The number of benzene rings is 1. The van der Waals surface area contributed by atoms with Crippen molar-refractivity contribution in [1.29, 1.82) is 0 Å². The largest absolute Gasteiger partial charge is 0.492 e. The Morgan fingerprint density at radius 3 is 3.19 bits per heavy atom. The van der Waals surface area contributed by atoms with Crippen LogP contribution in [0.5, 0.6) is 5.75 Å². The SMILES string of the molecule is O=C(c1cccc2c1OCC2)C1CCCN1. The molecule has 0 aliphatic carbocycles. The van der Waals surface area contributed by atoms with E-state index in [4.69, 9.17) is 4.74 Å². The highest BCUT2D eigenvalue weighted by Gasteiger charge is 2.27. The molecule has 3 nitrogen and oxygen atoms in total. The van der Waals surface area contributed by atoms with Crippen molar-refractivity contribution in [3.8, 4) is 5.75 Å². The van der Waals surface area contributed by atoms with Crippen molar-refractivity contribution in [3.63, 3.8) is 0 Å². The van der Waals surface area contributed by atoms with E-state index in [2.05, 4.69) is 5.32 Å². The van der Waals surface area contributed by atoms with Crippen molar-refractivity contribution in [3.05, 3.63) is 29.3 Å². The molecule has 1 aromatic carbocycles. The Morgan fingerprint density at radius 1 is 1.44 bits per heavy atom. The minimum Gasteiger partial charge on any atom is -0.492 e. The van der Waals surface area contributed by atoms with Crippen LogP contribution in [-0.2, 0) is 6.42 Å². The topological polar surface area (TPSA) is 38.3 Å². The molecular formula is C13H15NO2. The average Bonchev–Trinajstić information content (AvgIpc) is 2.98. The lowest BCUT2D eigenvalue weighted by atomic mass is 9.99. The van der Waals surface area contributed by atoms with E-state index >= 15 is 0 Å². The van der Waals surface area contributed by atoms with E-state index in [1.165, 1.54) is 5.56 Å². The number of hydrogen-bond acceptors (Lipinski definition) is 3. The maximum Gasteiger partial charge on any atom is 0.183 e. The van der Waals surface area contributed by atoms with Crippen LogP contribution in [0.25, 0.3) is 0 Å². The van der Waals surface area contributed by atoms with Crippen LogP contribution < -0.4 is 10.1 Å². The van der Waals surface area contributed by atoms with Crippen molar-refractivity contribution >= 4 is 5.78 Å². The van der Waals surface area contributed by atoms with Crippen LogP contribution in [-0.4, -0.2) is 25.0 Å². The third-order valence-electron chi connectivity index (χ3n) is 3.36. The van der Waals surface area contributed by atoms with Crippen molar-refractivity contribution in [2.75, 3.05) is 13.2 Å². The number of ether oxygens (including phenoxy) is 1. The Kier molecular flexibility index (Phi) is 2.40. The van der Waals surface area contributed by atoms with Crippen molar-refractivity contribution in [1.82, 2.24) is 5.32 Å². The molecule has 2 aliphatic rings. The third kappa shape index (κ3) is 1.52. The van der Waals surface area contributed by atoms with Gasteiger partial charge in [0.1, 0.15) is 5.75 Å². The zero-order chi connectivity index (χ0) is 11.0. The summed E-state index contributed by atoms with van der Waals surface area (Å²) in [6.45, 7) is 1.66. The standard InChI is InChI=1S/C13H15NO2/c15-12(11-5-2-7-14-11)10-4-1-3-9-6-8-16-13(9)10/h1,3-4,11,14H,2,5-8H2. The Labute approximate surface area is 94.8 Å². The van der Waals surface area contributed by atoms with Gasteiger partial charge in [-0.3, -0.25) is 4.79 Å². The van der Waals surface area contributed by atoms with E-state index < -0.39 is 0 Å². The number of hydrogen-bond donors (Lipinski definition) is 1. The summed E-state index contributed by atoms with van der Waals surface area (Å²) in [6, 6.07) is 5.87. The summed E-state index contributed by atoms with van der Waals surface area (Å²) >= 11 is 0. The number of carbonyl (C=O) groups excluding carboxylic acids is 1. The molecule has 0 aromatic heterocycles. The first-order valence-electron chi connectivity index (χ1n) is 5.88. The van der Waals surface area contributed by atoms with Gasteiger partial charge in [0.05, 0.1) is 18.2 Å². The summed E-state index contributed by atoms with van der Waals surface area (Å²) in [6.07, 6.45) is 2.96. The van der Waals surface area contributed by atoms with Gasteiger partial charge < -0.3 is 10.1 Å². The van der Waals surface area contributed by atoms with Gasteiger partial charge in [0.2, 0.25) is 0 Å². The predicted octanol–water partition coefficient (Wildman–Crippen LogP) is 1.56. The number of para-hydroxylation sites is 1. The molecule has 3 heteroatoms. The summed E-state index contributed by atoms with van der Waals surface area (Å²) < 4.78 is 5.56. The molecule has 2 aliphatic heterocycles. The molecule has 0 bridgehead atoms. The second-order valence-electron chi connectivity index (χ2n) is 4.41. The Hall–Kier alpha value is -1.35. The number of carbonyl (C=O) groups is 1. The Balaban J connectivity index is 1.94. The predicted molar refractivity (Wildman–Crippen MR) is 61.0 cm³/mol. The van der Waals surface area contributed by atoms with Gasteiger partial charge in [0, 0.05) is 6.42 Å². The molecule has 1 unspecified atom stereocenters. The summed E-state index contributed by atoms with van der Waals surface area (Å²) in [7, 11) is 0. The first kappa shape index (κ1) is 9.85. The minimum atomic E-state index is -0.00398. The van der Waals surface area contributed by atoms with Crippen LogP contribution in [0.4, 0.5) is 0 Å². The number of ketones is 1. The summed E-state index contributed by atoms with van der Waals surface area (Å²) in [5.74, 6) is 1.01. The van der Waals surface area contributed by atoms with E-state index in [9.17, 15) is 4.79 Å². The van der Waals surface area contributed by atoms with Gasteiger partial charge >= 0.3 is 0 Å². The van der Waals surface area contributed by atoms with Gasteiger partial charge in [-0.05, 0) is 31.0 Å². The number of rotatable bonds is 2.